The van der Waals surface area contributed by atoms with E-state index in [1.54, 1.807) is 18.2 Å². The van der Waals surface area contributed by atoms with Crippen molar-refractivity contribution in [3.05, 3.63) is 69.7 Å². The SMILES string of the molecule is C[NH+](C)C[C@@H](NC(=O)CCn1c(=O)oc2cc(Cl)ccc21)c1ccccc1. The van der Waals surface area contributed by atoms with Crippen molar-refractivity contribution in [1.82, 2.24) is 9.88 Å². The van der Waals surface area contributed by atoms with E-state index in [4.69, 9.17) is 16.0 Å². The number of aromatic nitrogens is 1. The van der Waals surface area contributed by atoms with Crippen molar-refractivity contribution < 1.29 is 14.1 Å². The third kappa shape index (κ3) is 4.78. The van der Waals surface area contributed by atoms with Crippen LogP contribution in [0.15, 0.2) is 57.7 Å². The standard InChI is InChI=1S/C20H22ClN3O3/c1-23(2)13-16(14-6-4-3-5-7-14)22-19(25)10-11-24-17-9-8-15(21)12-18(17)27-20(24)26/h3-9,12,16H,10-11,13H2,1-2H3,(H,22,25)/p+1/t16-/m1/s1. The molecule has 2 N–H and O–H groups in total. The van der Waals surface area contributed by atoms with Crippen molar-refractivity contribution in [2.24, 2.45) is 0 Å². The number of halogens is 1. The van der Waals surface area contributed by atoms with Crippen molar-refractivity contribution in [2.75, 3.05) is 20.6 Å². The lowest BCUT2D eigenvalue weighted by atomic mass is 10.1. The summed E-state index contributed by atoms with van der Waals surface area (Å²) in [6, 6.07) is 14.8. The lowest BCUT2D eigenvalue weighted by Gasteiger charge is -2.21. The molecule has 27 heavy (non-hydrogen) atoms. The minimum atomic E-state index is -0.489. The number of amides is 1. The molecule has 0 aliphatic carbocycles. The Kier molecular flexibility index (Phi) is 5.98. The number of hydrogen-bond acceptors (Lipinski definition) is 3. The Balaban J connectivity index is 1.70. The van der Waals surface area contributed by atoms with Crippen LogP contribution < -0.4 is 16.0 Å². The number of nitrogens with zero attached hydrogens (tertiary/aromatic N) is 1. The highest BCUT2D eigenvalue weighted by Gasteiger charge is 2.18. The third-order valence-electron chi connectivity index (χ3n) is 4.34. The van der Waals surface area contributed by atoms with Crippen LogP contribution >= 0.6 is 11.6 Å². The molecule has 1 heterocycles. The van der Waals surface area contributed by atoms with E-state index in [0.717, 1.165) is 12.1 Å². The Morgan fingerprint density at radius 3 is 2.67 bits per heavy atom. The smallest absolute Gasteiger partial charge is 0.408 e. The molecule has 0 spiro atoms. The van der Waals surface area contributed by atoms with Gasteiger partial charge in [-0.25, -0.2) is 4.79 Å². The van der Waals surface area contributed by atoms with Gasteiger partial charge in [0, 0.05) is 24.1 Å². The van der Waals surface area contributed by atoms with Gasteiger partial charge in [-0.05, 0) is 17.7 Å². The van der Waals surface area contributed by atoms with Crippen LogP contribution in [-0.2, 0) is 11.3 Å². The number of quaternary nitrogens is 1. The summed E-state index contributed by atoms with van der Waals surface area (Å²) in [7, 11) is 4.09. The fourth-order valence-electron chi connectivity index (χ4n) is 3.08. The van der Waals surface area contributed by atoms with Crippen molar-refractivity contribution >= 4 is 28.6 Å². The maximum absolute atomic E-state index is 12.5. The van der Waals surface area contributed by atoms with Gasteiger partial charge in [0.15, 0.2) is 5.58 Å². The molecule has 0 bridgehead atoms. The first-order valence-corrected chi connectivity index (χ1v) is 9.24. The van der Waals surface area contributed by atoms with E-state index < -0.39 is 5.76 Å². The molecule has 142 valence electrons. The summed E-state index contributed by atoms with van der Waals surface area (Å²) in [5, 5.41) is 3.58. The highest BCUT2D eigenvalue weighted by molar-refractivity contribution is 6.31. The van der Waals surface area contributed by atoms with Crippen LogP contribution in [0.3, 0.4) is 0 Å². The zero-order chi connectivity index (χ0) is 19.4. The van der Waals surface area contributed by atoms with Crippen LogP contribution in [0.4, 0.5) is 0 Å². The predicted octanol–water partition coefficient (Wildman–Crippen LogP) is 1.64. The van der Waals surface area contributed by atoms with Crippen LogP contribution in [0.5, 0.6) is 0 Å². The molecule has 3 aromatic rings. The van der Waals surface area contributed by atoms with E-state index in [1.165, 1.54) is 9.47 Å². The lowest BCUT2D eigenvalue weighted by molar-refractivity contribution is -0.860. The molecule has 0 saturated heterocycles. The molecule has 0 unspecified atom stereocenters. The van der Waals surface area contributed by atoms with Crippen LogP contribution in [0.2, 0.25) is 5.02 Å². The first-order chi connectivity index (χ1) is 12.9. The van der Waals surface area contributed by atoms with Gasteiger partial charge in [0.05, 0.1) is 19.6 Å². The highest BCUT2D eigenvalue weighted by atomic mass is 35.5. The Morgan fingerprint density at radius 2 is 1.96 bits per heavy atom. The predicted molar refractivity (Wildman–Crippen MR) is 105 cm³/mol. The molecular formula is C20H23ClN3O3+. The summed E-state index contributed by atoms with van der Waals surface area (Å²) in [5.41, 5.74) is 2.12. The van der Waals surface area contributed by atoms with E-state index >= 15 is 0 Å². The second kappa shape index (κ2) is 8.41. The van der Waals surface area contributed by atoms with Gasteiger partial charge in [-0.1, -0.05) is 41.9 Å². The zero-order valence-corrected chi connectivity index (χ0v) is 16.1. The molecular weight excluding hydrogens is 366 g/mol. The molecule has 7 heteroatoms. The Morgan fingerprint density at radius 1 is 1.22 bits per heavy atom. The van der Waals surface area contributed by atoms with Crippen molar-refractivity contribution in [3.63, 3.8) is 0 Å². The van der Waals surface area contributed by atoms with Crippen molar-refractivity contribution in [2.45, 2.75) is 19.0 Å². The maximum Gasteiger partial charge on any atom is 0.419 e. The fraction of sp³-hybridized carbons (Fsp3) is 0.300. The average molecular weight is 389 g/mol. The van der Waals surface area contributed by atoms with Gasteiger partial charge >= 0.3 is 5.76 Å². The summed E-state index contributed by atoms with van der Waals surface area (Å²) in [5.74, 6) is -0.599. The van der Waals surface area contributed by atoms with Crippen LogP contribution in [-0.4, -0.2) is 31.1 Å². The molecule has 0 fully saturated rings. The normalized spacial score (nSPS) is 12.4. The minimum Gasteiger partial charge on any atom is -0.408 e. The monoisotopic (exact) mass is 388 g/mol. The number of carbonyl (C=O) groups excluding carboxylic acids is 1. The van der Waals surface area contributed by atoms with Crippen molar-refractivity contribution in [1.29, 1.82) is 0 Å². The Hall–Kier alpha value is -2.57. The highest BCUT2D eigenvalue weighted by Crippen LogP contribution is 2.18. The summed E-state index contributed by atoms with van der Waals surface area (Å²) >= 11 is 5.93. The Bertz CT molecular complexity index is 979. The van der Waals surface area contributed by atoms with Gasteiger partial charge < -0.3 is 14.6 Å². The largest absolute Gasteiger partial charge is 0.419 e. The summed E-state index contributed by atoms with van der Waals surface area (Å²) in [4.78, 5) is 25.8. The maximum atomic E-state index is 12.5. The second-order valence-electron chi connectivity index (χ2n) is 6.82. The van der Waals surface area contributed by atoms with Gasteiger partial charge in [-0.3, -0.25) is 9.36 Å². The van der Waals surface area contributed by atoms with Gasteiger partial charge in [-0.15, -0.1) is 0 Å². The number of nitrogens with one attached hydrogen (secondary N) is 2. The van der Waals surface area contributed by atoms with Gasteiger partial charge in [-0.2, -0.15) is 0 Å². The third-order valence-corrected chi connectivity index (χ3v) is 4.58. The molecule has 1 atom stereocenters. The molecule has 0 radical (unpaired) electrons. The number of benzene rings is 2. The van der Waals surface area contributed by atoms with E-state index in [9.17, 15) is 9.59 Å². The van der Waals surface area contributed by atoms with E-state index in [2.05, 4.69) is 5.32 Å². The number of oxazole rings is 1. The molecule has 0 saturated carbocycles. The molecule has 3 rings (SSSR count). The summed E-state index contributed by atoms with van der Waals surface area (Å²) in [6.07, 6.45) is 0.184. The average Bonchev–Trinajstić information content (AvgIpc) is 2.94. The summed E-state index contributed by atoms with van der Waals surface area (Å²) in [6.45, 7) is 1.01. The summed E-state index contributed by atoms with van der Waals surface area (Å²) < 4.78 is 6.66. The van der Waals surface area contributed by atoms with Gasteiger partial charge in [0.1, 0.15) is 12.6 Å². The number of carbonyl (C=O) groups is 1. The lowest BCUT2D eigenvalue weighted by Crippen LogP contribution is -3.06. The molecule has 1 amide bonds. The zero-order valence-electron chi connectivity index (χ0n) is 15.4. The number of fused-ring (bicyclic) bond motifs is 1. The number of aryl methyl sites for hydroxylation is 1. The Labute approximate surface area is 162 Å². The van der Waals surface area contributed by atoms with Crippen LogP contribution in [0.25, 0.3) is 11.1 Å². The van der Waals surface area contributed by atoms with Crippen molar-refractivity contribution in [3.8, 4) is 0 Å². The van der Waals surface area contributed by atoms with Gasteiger partial charge in [0.25, 0.3) is 0 Å². The van der Waals surface area contributed by atoms with Crippen LogP contribution in [0, 0.1) is 0 Å². The first-order valence-electron chi connectivity index (χ1n) is 8.86. The minimum absolute atomic E-state index is 0.0830. The number of hydrogen-bond donors (Lipinski definition) is 2. The van der Waals surface area contributed by atoms with Crippen LogP contribution in [0.1, 0.15) is 18.0 Å². The van der Waals surface area contributed by atoms with Gasteiger partial charge in [0.2, 0.25) is 5.91 Å². The van der Waals surface area contributed by atoms with E-state index in [1.807, 2.05) is 44.4 Å². The fourth-order valence-corrected chi connectivity index (χ4v) is 3.24. The topological polar surface area (TPSA) is 68.7 Å². The van der Waals surface area contributed by atoms with E-state index in [0.29, 0.717) is 16.1 Å². The van der Waals surface area contributed by atoms with E-state index in [-0.39, 0.29) is 24.9 Å². The first kappa shape index (κ1) is 19.2. The number of rotatable bonds is 7. The molecule has 0 aliphatic rings. The quantitative estimate of drug-likeness (QED) is 0.646. The molecule has 0 aliphatic heterocycles. The molecule has 2 aromatic carbocycles. The molecule has 6 nitrogen and oxygen atoms in total. The second-order valence-corrected chi connectivity index (χ2v) is 7.26. The number of likely N-dealkylation sites (N-methyl/N-ethyl adjacent to an activating group) is 1. The molecule has 1 aromatic heterocycles.